The van der Waals surface area contributed by atoms with Crippen LogP contribution in [0, 0.1) is 0 Å². The molecule has 1 aliphatic heterocycles. The number of carbonyl (C=O) groups excluding carboxylic acids is 1. The van der Waals surface area contributed by atoms with E-state index in [1.165, 1.54) is 6.33 Å². The number of esters is 1. The number of methoxy groups -OCH3 is 1. The van der Waals surface area contributed by atoms with Crippen molar-refractivity contribution < 1.29 is 14.3 Å². The van der Waals surface area contributed by atoms with Gasteiger partial charge in [-0.2, -0.15) is 10.1 Å². The second-order valence-corrected chi connectivity index (χ2v) is 6.43. The van der Waals surface area contributed by atoms with Crippen LogP contribution in [0.15, 0.2) is 72.2 Å². The number of fused-ring (bicyclic) bond motifs is 1. The number of nitrogens with zero attached hydrogens (tertiary/aromatic N) is 3. The van der Waals surface area contributed by atoms with Crippen LogP contribution in [0.2, 0.25) is 0 Å². The van der Waals surface area contributed by atoms with Crippen LogP contribution in [-0.4, -0.2) is 27.8 Å². The first kappa shape index (κ1) is 17.8. The van der Waals surface area contributed by atoms with Crippen LogP contribution < -0.4 is 10.1 Å². The molecule has 1 aliphatic rings. The van der Waals surface area contributed by atoms with E-state index in [0.717, 1.165) is 16.9 Å². The number of allylic oxidation sites excluding steroid dienone is 1. The van der Waals surface area contributed by atoms with Crippen LogP contribution in [-0.2, 0) is 16.1 Å². The molecular formula is C21H20N4O3. The van der Waals surface area contributed by atoms with Gasteiger partial charge in [-0.15, -0.1) is 0 Å². The van der Waals surface area contributed by atoms with Gasteiger partial charge in [0.25, 0.3) is 0 Å². The van der Waals surface area contributed by atoms with E-state index in [2.05, 4.69) is 15.4 Å². The van der Waals surface area contributed by atoms with E-state index in [1.807, 2.05) is 61.5 Å². The van der Waals surface area contributed by atoms with Crippen molar-refractivity contribution in [2.45, 2.75) is 19.6 Å². The third kappa shape index (κ3) is 3.34. The van der Waals surface area contributed by atoms with Gasteiger partial charge in [0.05, 0.1) is 12.7 Å². The minimum atomic E-state index is -0.437. The number of benzene rings is 2. The summed E-state index contributed by atoms with van der Waals surface area (Å²) in [4.78, 5) is 17.2. The summed E-state index contributed by atoms with van der Waals surface area (Å²) in [6.07, 6.45) is 1.46. The highest BCUT2D eigenvalue weighted by Crippen LogP contribution is 2.35. The Morgan fingerprint density at radius 3 is 2.61 bits per heavy atom. The number of carbonyl (C=O) groups is 1. The Morgan fingerprint density at radius 2 is 1.89 bits per heavy atom. The molecule has 0 radical (unpaired) electrons. The molecule has 0 bridgehead atoms. The number of rotatable bonds is 5. The summed E-state index contributed by atoms with van der Waals surface area (Å²) in [5.41, 5.74) is 3.01. The van der Waals surface area contributed by atoms with Gasteiger partial charge in [-0.05, 0) is 30.2 Å². The van der Waals surface area contributed by atoms with E-state index >= 15 is 0 Å². The van der Waals surface area contributed by atoms with Gasteiger partial charge in [-0.25, -0.2) is 9.48 Å². The number of ether oxygens (including phenoxy) is 2. The Balaban J connectivity index is 1.67. The second kappa shape index (κ2) is 7.56. The molecule has 28 heavy (non-hydrogen) atoms. The second-order valence-electron chi connectivity index (χ2n) is 6.43. The summed E-state index contributed by atoms with van der Waals surface area (Å²) in [7, 11) is 1.62. The monoisotopic (exact) mass is 376 g/mol. The normalized spacial score (nSPS) is 15.6. The minimum Gasteiger partial charge on any atom is -0.497 e. The molecule has 2 heterocycles. The minimum absolute atomic E-state index is 0.204. The van der Waals surface area contributed by atoms with Crippen molar-refractivity contribution in [2.24, 2.45) is 0 Å². The predicted molar refractivity (Wildman–Crippen MR) is 104 cm³/mol. The Bertz CT molecular complexity index is 1010. The molecule has 142 valence electrons. The molecule has 0 fully saturated rings. The van der Waals surface area contributed by atoms with Gasteiger partial charge >= 0.3 is 5.97 Å². The molecule has 0 spiro atoms. The fraction of sp³-hybridized carbons (Fsp3) is 0.190. The number of hydrogen-bond acceptors (Lipinski definition) is 6. The summed E-state index contributed by atoms with van der Waals surface area (Å²) in [5.74, 6) is 0.930. The summed E-state index contributed by atoms with van der Waals surface area (Å²) in [6.45, 7) is 2.05. The zero-order valence-corrected chi connectivity index (χ0v) is 15.6. The smallest absolute Gasteiger partial charge is 0.338 e. The summed E-state index contributed by atoms with van der Waals surface area (Å²) in [6, 6.07) is 16.7. The van der Waals surface area contributed by atoms with Crippen LogP contribution in [0.3, 0.4) is 0 Å². The fourth-order valence-electron chi connectivity index (χ4n) is 3.25. The Morgan fingerprint density at radius 1 is 1.14 bits per heavy atom. The van der Waals surface area contributed by atoms with Crippen LogP contribution in [0.4, 0.5) is 5.95 Å². The third-order valence-corrected chi connectivity index (χ3v) is 4.66. The molecule has 2 aromatic carbocycles. The maximum atomic E-state index is 13.0. The molecule has 0 saturated carbocycles. The van der Waals surface area contributed by atoms with Gasteiger partial charge in [0.15, 0.2) is 0 Å². The molecule has 0 saturated heterocycles. The Labute approximate surface area is 162 Å². The van der Waals surface area contributed by atoms with Crippen LogP contribution in [0.25, 0.3) is 0 Å². The van der Waals surface area contributed by atoms with Crippen molar-refractivity contribution in [3.05, 3.63) is 83.3 Å². The maximum absolute atomic E-state index is 13.0. The van der Waals surface area contributed by atoms with E-state index in [0.29, 0.717) is 17.2 Å². The van der Waals surface area contributed by atoms with Gasteiger partial charge in [-0.1, -0.05) is 42.5 Å². The number of hydrogen-bond donors (Lipinski definition) is 1. The third-order valence-electron chi connectivity index (χ3n) is 4.66. The van der Waals surface area contributed by atoms with Gasteiger partial charge in [0.2, 0.25) is 5.95 Å². The lowest BCUT2D eigenvalue weighted by molar-refractivity contribution is -0.140. The van der Waals surface area contributed by atoms with Crippen molar-refractivity contribution in [1.82, 2.24) is 14.8 Å². The van der Waals surface area contributed by atoms with E-state index in [1.54, 1.807) is 11.8 Å². The summed E-state index contributed by atoms with van der Waals surface area (Å²) < 4.78 is 12.5. The van der Waals surface area contributed by atoms with E-state index in [4.69, 9.17) is 9.47 Å². The molecule has 1 atom stereocenters. The van der Waals surface area contributed by atoms with E-state index in [-0.39, 0.29) is 6.61 Å². The Kier molecular flexibility index (Phi) is 4.80. The lowest BCUT2D eigenvalue weighted by atomic mass is 9.96. The Hall–Kier alpha value is -3.61. The number of anilines is 1. The quantitative estimate of drug-likeness (QED) is 0.688. The van der Waals surface area contributed by atoms with Gasteiger partial charge < -0.3 is 14.8 Å². The molecule has 7 heteroatoms. The molecular weight excluding hydrogens is 356 g/mol. The van der Waals surface area contributed by atoms with E-state index in [9.17, 15) is 4.79 Å². The first-order valence-electron chi connectivity index (χ1n) is 8.89. The molecule has 1 N–H and O–H groups in total. The molecule has 3 aromatic rings. The first-order chi connectivity index (χ1) is 13.7. The van der Waals surface area contributed by atoms with Gasteiger partial charge in [0, 0.05) is 5.70 Å². The predicted octanol–water partition coefficient (Wildman–Crippen LogP) is 3.32. The van der Waals surface area contributed by atoms with Crippen molar-refractivity contribution in [2.75, 3.05) is 12.4 Å². The van der Waals surface area contributed by atoms with Crippen LogP contribution in [0.5, 0.6) is 5.75 Å². The summed E-state index contributed by atoms with van der Waals surface area (Å²) >= 11 is 0. The van der Waals surface area contributed by atoms with Crippen LogP contribution in [0.1, 0.15) is 24.1 Å². The first-order valence-corrected chi connectivity index (χ1v) is 8.89. The summed E-state index contributed by atoms with van der Waals surface area (Å²) in [5, 5.41) is 7.45. The average molecular weight is 376 g/mol. The maximum Gasteiger partial charge on any atom is 0.338 e. The van der Waals surface area contributed by atoms with Crippen LogP contribution >= 0.6 is 0 Å². The van der Waals surface area contributed by atoms with Gasteiger partial charge in [-0.3, -0.25) is 0 Å². The number of aromatic nitrogens is 3. The highest BCUT2D eigenvalue weighted by Gasteiger charge is 2.34. The van der Waals surface area contributed by atoms with Crippen molar-refractivity contribution in [3.63, 3.8) is 0 Å². The molecule has 1 aromatic heterocycles. The van der Waals surface area contributed by atoms with Crippen molar-refractivity contribution >= 4 is 11.9 Å². The van der Waals surface area contributed by atoms with E-state index < -0.39 is 12.0 Å². The SMILES string of the molecule is COc1ccc(C2C(C(=O)OCc3ccccc3)=C(C)Nc3ncnn32)cc1. The molecule has 1 unspecified atom stereocenters. The molecule has 0 aliphatic carbocycles. The number of nitrogens with one attached hydrogen (secondary N) is 1. The zero-order chi connectivity index (χ0) is 19.5. The molecule has 7 nitrogen and oxygen atoms in total. The van der Waals surface area contributed by atoms with Crippen molar-refractivity contribution in [3.8, 4) is 5.75 Å². The fourth-order valence-corrected chi connectivity index (χ4v) is 3.25. The topological polar surface area (TPSA) is 78.3 Å². The lowest BCUT2D eigenvalue weighted by Gasteiger charge is -2.28. The highest BCUT2D eigenvalue weighted by atomic mass is 16.5. The average Bonchev–Trinajstić information content (AvgIpc) is 3.20. The van der Waals surface area contributed by atoms with Crippen molar-refractivity contribution in [1.29, 1.82) is 0 Å². The standard InChI is InChI=1S/C21H20N4O3/c1-14-18(20(26)28-12-15-6-4-3-5-7-15)19(25-21(24-14)22-13-23-25)16-8-10-17(27-2)11-9-16/h3-11,13,19H,12H2,1-2H3,(H,22,23,24). The largest absolute Gasteiger partial charge is 0.497 e. The van der Waals surface area contributed by atoms with Gasteiger partial charge in [0.1, 0.15) is 24.7 Å². The molecule has 0 amide bonds. The molecule has 4 rings (SSSR count). The highest BCUT2D eigenvalue weighted by molar-refractivity contribution is 5.92. The lowest BCUT2D eigenvalue weighted by Crippen LogP contribution is -2.29. The zero-order valence-electron chi connectivity index (χ0n) is 15.6.